The molecule has 9 heteroatoms. The summed E-state index contributed by atoms with van der Waals surface area (Å²) in [5, 5.41) is 0. The number of nitrogens with one attached hydrogen (secondary N) is 1. The van der Waals surface area contributed by atoms with Gasteiger partial charge in [0, 0.05) is 11.6 Å². The SMILES string of the molecule is C=C(C)C(=O)OC1CC2CC1CC2NS(=O)(=O)C(F)(F)F. The molecule has 0 spiro atoms. The van der Waals surface area contributed by atoms with E-state index in [1.54, 1.807) is 4.72 Å². The Balaban J connectivity index is 1.95. The summed E-state index contributed by atoms with van der Waals surface area (Å²) in [6.45, 7) is 4.97. The van der Waals surface area contributed by atoms with Crippen molar-refractivity contribution in [3.05, 3.63) is 12.2 Å². The maximum atomic E-state index is 12.3. The number of hydrogen-bond donors (Lipinski definition) is 1. The molecular formula is C12H16F3NO4S. The van der Waals surface area contributed by atoms with Crippen LogP contribution in [0.25, 0.3) is 0 Å². The molecule has 0 aromatic heterocycles. The van der Waals surface area contributed by atoms with Crippen LogP contribution in [0.1, 0.15) is 26.2 Å². The molecule has 2 saturated carbocycles. The van der Waals surface area contributed by atoms with Gasteiger partial charge in [0.1, 0.15) is 6.10 Å². The van der Waals surface area contributed by atoms with Crippen LogP contribution >= 0.6 is 0 Å². The molecule has 0 radical (unpaired) electrons. The number of hydrogen-bond acceptors (Lipinski definition) is 4. The van der Waals surface area contributed by atoms with E-state index >= 15 is 0 Å². The number of ether oxygens (including phenoxy) is 1. The van der Waals surface area contributed by atoms with Crippen LogP contribution in [0.4, 0.5) is 13.2 Å². The minimum absolute atomic E-state index is 0.112. The molecular weight excluding hydrogens is 311 g/mol. The number of alkyl halides is 3. The highest BCUT2D eigenvalue weighted by Crippen LogP contribution is 2.47. The van der Waals surface area contributed by atoms with Gasteiger partial charge in [-0.2, -0.15) is 13.2 Å². The monoisotopic (exact) mass is 327 g/mol. The van der Waals surface area contributed by atoms with Crippen LogP contribution in [-0.4, -0.2) is 32.0 Å². The van der Waals surface area contributed by atoms with Crippen molar-refractivity contribution in [2.24, 2.45) is 11.8 Å². The van der Waals surface area contributed by atoms with Gasteiger partial charge in [-0.25, -0.2) is 17.9 Å². The fraction of sp³-hybridized carbons (Fsp3) is 0.750. The highest BCUT2D eigenvalue weighted by molar-refractivity contribution is 7.90. The molecule has 2 fully saturated rings. The number of carbonyl (C=O) groups is 1. The van der Waals surface area contributed by atoms with E-state index < -0.39 is 27.5 Å². The summed E-state index contributed by atoms with van der Waals surface area (Å²) in [5.74, 6) is -0.880. The van der Waals surface area contributed by atoms with E-state index in [2.05, 4.69) is 6.58 Å². The molecule has 1 N–H and O–H groups in total. The van der Waals surface area contributed by atoms with Gasteiger partial charge < -0.3 is 4.74 Å². The van der Waals surface area contributed by atoms with E-state index in [1.807, 2.05) is 0 Å². The molecule has 2 bridgehead atoms. The maximum Gasteiger partial charge on any atom is 0.511 e. The Kier molecular flexibility index (Phi) is 4.09. The first-order valence-corrected chi connectivity index (χ1v) is 7.94. The molecule has 120 valence electrons. The smallest absolute Gasteiger partial charge is 0.459 e. The molecule has 2 aliphatic carbocycles. The van der Waals surface area contributed by atoms with Gasteiger partial charge in [-0.1, -0.05) is 6.58 Å². The second-order valence-corrected chi connectivity index (χ2v) is 7.33. The zero-order chi connectivity index (χ0) is 16.0. The second-order valence-electron chi connectivity index (χ2n) is 5.62. The molecule has 0 aromatic rings. The van der Waals surface area contributed by atoms with Crippen molar-refractivity contribution >= 4 is 16.0 Å². The number of halogens is 3. The fourth-order valence-corrected chi connectivity index (χ4v) is 3.84. The van der Waals surface area contributed by atoms with Crippen LogP contribution in [-0.2, 0) is 19.6 Å². The summed E-state index contributed by atoms with van der Waals surface area (Å²) in [5.41, 5.74) is -5.05. The van der Waals surface area contributed by atoms with Crippen LogP contribution < -0.4 is 4.72 Å². The second kappa shape index (κ2) is 5.28. The van der Waals surface area contributed by atoms with E-state index in [1.165, 1.54) is 6.92 Å². The van der Waals surface area contributed by atoms with Gasteiger partial charge in [-0.3, -0.25) is 0 Å². The highest BCUT2D eigenvalue weighted by Gasteiger charge is 2.53. The van der Waals surface area contributed by atoms with Gasteiger partial charge in [0.2, 0.25) is 0 Å². The van der Waals surface area contributed by atoms with E-state index in [0.717, 1.165) is 0 Å². The lowest BCUT2D eigenvalue weighted by Gasteiger charge is -2.28. The number of esters is 1. The summed E-state index contributed by atoms with van der Waals surface area (Å²) in [6.07, 6.45) is 0.799. The lowest BCUT2D eigenvalue weighted by molar-refractivity contribution is -0.146. The van der Waals surface area contributed by atoms with Crippen LogP contribution in [0, 0.1) is 11.8 Å². The van der Waals surface area contributed by atoms with Gasteiger partial charge in [0.05, 0.1) is 0 Å². The Morgan fingerprint density at radius 3 is 2.29 bits per heavy atom. The molecule has 5 nitrogen and oxygen atoms in total. The summed E-state index contributed by atoms with van der Waals surface area (Å²) in [7, 11) is -5.33. The molecule has 21 heavy (non-hydrogen) atoms. The summed E-state index contributed by atoms with van der Waals surface area (Å²) in [6, 6.07) is -0.749. The number of sulfonamides is 1. The Morgan fingerprint density at radius 1 is 1.24 bits per heavy atom. The average molecular weight is 327 g/mol. The number of carbonyl (C=O) groups excluding carboxylic acids is 1. The van der Waals surface area contributed by atoms with E-state index in [9.17, 15) is 26.4 Å². The first-order chi connectivity index (χ1) is 9.51. The quantitative estimate of drug-likeness (QED) is 0.630. The van der Waals surface area contributed by atoms with Gasteiger partial charge in [0.15, 0.2) is 0 Å². The Bertz CT molecular complexity index is 557. The molecule has 0 saturated heterocycles. The van der Waals surface area contributed by atoms with Crippen LogP contribution in [0.15, 0.2) is 12.2 Å². The van der Waals surface area contributed by atoms with Crippen molar-refractivity contribution in [1.82, 2.24) is 4.72 Å². The third kappa shape index (κ3) is 3.23. The molecule has 4 unspecified atom stereocenters. The van der Waals surface area contributed by atoms with Crippen molar-refractivity contribution in [3.63, 3.8) is 0 Å². The first kappa shape index (κ1) is 16.3. The molecule has 4 atom stereocenters. The normalized spacial score (nSPS) is 32.2. The summed E-state index contributed by atoms with van der Waals surface area (Å²) >= 11 is 0. The topological polar surface area (TPSA) is 72.5 Å². The van der Waals surface area contributed by atoms with E-state index in [0.29, 0.717) is 12.8 Å². The summed E-state index contributed by atoms with van der Waals surface area (Å²) in [4.78, 5) is 11.4. The highest BCUT2D eigenvalue weighted by atomic mass is 32.2. The van der Waals surface area contributed by atoms with Gasteiger partial charge in [-0.15, -0.1) is 0 Å². The third-order valence-corrected chi connectivity index (χ3v) is 5.23. The molecule has 2 rings (SSSR count). The lowest BCUT2D eigenvalue weighted by atomic mass is 9.94. The van der Waals surface area contributed by atoms with Crippen molar-refractivity contribution in [3.8, 4) is 0 Å². The minimum Gasteiger partial charge on any atom is -0.459 e. The Hall–Kier alpha value is -1.09. The average Bonchev–Trinajstić information content (AvgIpc) is 2.86. The molecule has 0 aromatic carbocycles. The van der Waals surface area contributed by atoms with Crippen LogP contribution in [0.2, 0.25) is 0 Å². The number of rotatable bonds is 4. The molecule has 0 aliphatic heterocycles. The standard InChI is InChI=1S/C12H16F3NO4S/c1-6(2)11(17)20-10-5-7-3-8(10)4-9(7)16-21(18,19)12(13,14)15/h7-10,16H,1,3-5H2,2H3. The molecule has 0 heterocycles. The van der Waals surface area contributed by atoms with Crippen molar-refractivity contribution in [1.29, 1.82) is 0 Å². The molecule has 2 aliphatic rings. The number of fused-ring (bicyclic) bond motifs is 2. The zero-order valence-corrected chi connectivity index (χ0v) is 12.1. The fourth-order valence-electron chi connectivity index (χ4n) is 3.02. The zero-order valence-electron chi connectivity index (χ0n) is 11.3. The third-order valence-electron chi connectivity index (χ3n) is 4.01. The van der Waals surface area contributed by atoms with Crippen molar-refractivity contribution in [2.45, 2.75) is 43.8 Å². The van der Waals surface area contributed by atoms with Gasteiger partial charge >= 0.3 is 21.5 Å². The first-order valence-electron chi connectivity index (χ1n) is 6.46. The Morgan fingerprint density at radius 2 is 1.86 bits per heavy atom. The van der Waals surface area contributed by atoms with Crippen LogP contribution in [0.5, 0.6) is 0 Å². The van der Waals surface area contributed by atoms with Crippen molar-refractivity contribution < 1.29 is 31.1 Å². The summed E-state index contributed by atoms with van der Waals surface area (Å²) < 4.78 is 66.1. The van der Waals surface area contributed by atoms with E-state index in [4.69, 9.17) is 4.74 Å². The van der Waals surface area contributed by atoms with Gasteiger partial charge in [0.25, 0.3) is 0 Å². The predicted octanol–water partition coefficient (Wildman–Crippen LogP) is 1.71. The minimum atomic E-state index is -5.33. The van der Waals surface area contributed by atoms with E-state index in [-0.39, 0.29) is 29.9 Å². The molecule has 0 amide bonds. The van der Waals surface area contributed by atoms with Crippen molar-refractivity contribution in [2.75, 3.05) is 0 Å². The largest absolute Gasteiger partial charge is 0.511 e. The van der Waals surface area contributed by atoms with Crippen LogP contribution in [0.3, 0.4) is 0 Å². The predicted molar refractivity (Wildman–Crippen MR) is 67.4 cm³/mol. The Labute approximate surface area is 120 Å². The lowest BCUT2D eigenvalue weighted by Crippen LogP contribution is -2.46. The maximum absolute atomic E-state index is 12.3. The van der Waals surface area contributed by atoms with Gasteiger partial charge in [-0.05, 0) is 38.0 Å².